The Kier molecular flexibility index (Phi) is 7.80. The topological polar surface area (TPSA) is 34.1 Å². The summed E-state index contributed by atoms with van der Waals surface area (Å²) in [6, 6.07) is 9.91. The summed E-state index contributed by atoms with van der Waals surface area (Å²) >= 11 is 0. The highest BCUT2D eigenvalue weighted by atomic mass is 16.1. The summed E-state index contributed by atoms with van der Waals surface area (Å²) in [6.07, 6.45) is 7.25. The van der Waals surface area contributed by atoms with Crippen molar-refractivity contribution in [1.82, 2.24) is 0 Å². The minimum absolute atomic E-state index is 0.276. The lowest BCUT2D eigenvalue weighted by molar-refractivity contribution is -0.118. The third kappa shape index (κ3) is 8.30. The van der Waals surface area contributed by atoms with Crippen molar-refractivity contribution in [3.05, 3.63) is 35.9 Å². The van der Waals surface area contributed by atoms with Crippen molar-refractivity contribution in [3.8, 4) is 0 Å². The molecule has 0 atom stereocenters. The molecule has 19 heavy (non-hydrogen) atoms. The first-order valence-electron chi connectivity index (χ1n) is 7.23. The summed E-state index contributed by atoms with van der Waals surface area (Å²) in [5.74, 6) is 0.605. The molecular weight excluding hydrogens is 236 g/mol. The van der Waals surface area contributed by atoms with E-state index in [4.69, 9.17) is 0 Å². The molecule has 0 bridgehead atoms. The van der Waals surface area contributed by atoms with Crippen LogP contribution < -0.4 is 0 Å². The molecule has 2 nitrogen and oxygen atoms in total. The highest BCUT2D eigenvalue weighted by Crippen LogP contribution is 2.09. The van der Waals surface area contributed by atoms with E-state index in [0.717, 1.165) is 37.7 Å². The standard InChI is InChI=1S/C17H24O2/c1-15(18)10-6-3-2-4-9-13-17(19)14-16-11-7-5-8-12-16/h5,7-8,11-12H,2-4,6,9-10,13-14H2,1H3. The Morgan fingerprint density at radius 3 is 2.05 bits per heavy atom. The first kappa shape index (κ1) is 15.6. The van der Waals surface area contributed by atoms with Gasteiger partial charge in [-0.3, -0.25) is 4.79 Å². The van der Waals surface area contributed by atoms with Crippen molar-refractivity contribution >= 4 is 11.6 Å². The number of benzene rings is 1. The first-order chi connectivity index (χ1) is 9.18. The van der Waals surface area contributed by atoms with E-state index in [9.17, 15) is 9.59 Å². The molecule has 1 aromatic carbocycles. The summed E-state index contributed by atoms with van der Waals surface area (Å²) in [7, 11) is 0. The molecule has 1 aromatic rings. The molecule has 0 N–H and O–H groups in total. The van der Waals surface area contributed by atoms with Crippen LogP contribution in [0.5, 0.6) is 0 Å². The fourth-order valence-electron chi connectivity index (χ4n) is 2.14. The maximum Gasteiger partial charge on any atom is 0.137 e. The molecule has 0 aliphatic carbocycles. The van der Waals surface area contributed by atoms with E-state index in [-0.39, 0.29) is 5.78 Å². The van der Waals surface area contributed by atoms with Crippen LogP contribution in [0.3, 0.4) is 0 Å². The quantitative estimate of drug-likeness (QED) is 0.593. The van der Waals surface area contributed by atoms with Crippen molar-refractivity contribution in [2.75, 3.05) is 0 Å². The number of ketones is 2. The van der Waals surface area contributed by atoms with Crippen LogP contribution in [0.4, 0.5) is 0 Å². The van der Waals surface area contributed by atoms with E-state index < -0.39 is 0 Å². The first-order valence-corrected chi connectivity index (χ1v) is 7.23. The van der Waals surface area contributed by atoms with Gasteiger partial charge in [0, 0.05) is 19.3 Å². The van der Waals surface area contributed by atoms with Gasteiger partial charge in [0.25, 0.3) is 0 Å². The predicted octanol–water partition coefficient (Wildman–Crippen LogP) is 4.12. The van der Waals surface area contributed by atoms with E-state index >= 15 is 0 Å². The van der Waals surface area contributed by atoms with Crippen LogP contribution in [0.1, 0.15) is 57.4 Å². The molecule has 0 aromatic heterocycles. The van der Waals surface area contributed by atoms with Gasteiger partial charge in [-0.1, -0.05) is 49.6 Å². The molecule has 0 saturated carbocycles. The summed E-state index contributed by atoms with van der Waals surface area (Å²) in [4.78, 5) is 22.5. The smallest absolute Gasteiger partial charge is 0.137 e. The van der Waals surface area contributed by atoms with Gasteiger partial charge in [0.1, 0.15) is 11.6 Å². The number of hydrogen-bond donors (Lipinski definition) is 0. The summed E-state index contributed by atoms with van der Waals surface area (Å²) in [6.45, 7) is 1.64. The van der Waals surface area contributed by atoms with E-state index in [0.29, 0.717) is 25.0 Å². The second-order valence-corrected chi connectivity index (χ2v) is 5.17. The summed E-state index contributed by atoms with van der Waals surface area (Å²) < 4.78 is 0. The Balaban J connectivity index is 2.00. The molecule has 0 fully saturated rings. The van der Waals surface area contributed by atoms with Crippen molar-refractivity contribution in [3.63, 3.8) is 0 Å². The second kappa shape index (κ2) is 9.48. The van der Waals surface area contributed by atoms with Crippen LogP contribution >= 0.6 is 0 Å². The predicted molar refractivity (Wildman–Crippen MR) is 78.2 cm³/mol. The zero-order chi connectivity index (χ0) is 13.9. The van der Waals surface area contributed by atoms with Gasteiger partial charge in [-0.2, -0.15) is 0 Å². The Morgan fingerprint density at radius 1 is 0.842 bits per heavy atom. The van der Waals surface area contributed by atoms with E-state index in [1.54, 1.807) is 6.92 Å². The van der Waals surface area contributed by atoms with Crippen LogP contribution in [-0.2, 0) is 16.0 Å². The van der Waals surface area contributed by atoms with Gasteiger partial charge in [-0.05, 0) is 25.3 Å². The Morgan fingerprint density at radius 2 is 1.42 bits per heavy atom. The Bertz CT molecular complexity index is 382. The lowest BCUT2D eigenvalue weighted by atomic mass is 10.0. The molecule has 0 saturated heterocycles. The molecule has 0 radical (unpaired) electrons. The zero-order valence-corrected chi connectivity index (χ0v) is 11.9. The number of rotatable bonds is 10. The molecule has 0 spiro atoms. The van der Waals surface area contributed by atoms with E-state index in [1.807, 2.05) is 30.3 Å². The average molecular weight is 260 g/mol. The minimum Gasteiger partial charge on any atom is -0.300 e. The average Bonchev–Trinajstić information content (AvgIpc) is 2.38. The normalized spacial score (nSPS) is 10.4. The van der Waals surface area contributed by atoms with Gasteiger partial charge in [0.05, 0.1) is 0 Å². The van der Waals surface area contributed by atoms with Crippen molar-refractivity contribution in [2.24, 2.45) is 0 Å². The van der Waals surface area contributed by atoms with Crippen molar-refractivity contribution in [1.29, 1.82) is 0 Å². The molecular formula is C17H24O2. The Hall–Kier alpha value is -1.44. The molecule has 0 amide bonds. The van der Waals surface area contributed by atoms with Gasteiger partial charge in [0.15, 0.2) is 0 Å². The molecule has 1 rings (SSSR count). The van der Waals surface area contributed by atoms with Gasteiger partial charge in [-0.25, -0.2) is 0 Å². The highest BCUT2D eigenvalue weighted by molar-refractivity contribution is 5.80. The maximum atomic E-state index is 11.7. The number of Topliss-reactive ketones (excluding diaryl/α,β-unsaturated/α-hetero) is 2. The molecule has 2 heteroatoms. The minimum atomic E-state index is 0.276. The number of carbonyl (C=O) groups is 2. The fraction of sp³-hybridized carbons (Fsp3) is 0.529. The monoisotopic (exact) mass is 260 g/mol. The van der Waals surface area contributed by atoms with Crippen molar-refractivity contribution in [2.45, 2.75) is 58.3 Å². The molecule has 0 aliphatic heterocycles. The number of unbranched alkanes of at least 4 members (excludes halogenated alkanes) is 4. The zero-order valence-electron chi connectivity index (χ0n) is 11.9. The maximum absolute atomic E-state index is 11.7. The van der Waals surface area contributed by atoms with Crippen molar-refractivity contribution < 1.29 is 9.59 Å². The second-order valence-electron chi connectivity index (χ2n) is 5.17. The third-order valence-electron chi connectivity index (χ3n) is 3.23. The summed E-state index contributed by atoms with van der Waals surface area (Å²) in [5, 5.41) is 0. The molecule has 0 heterocycles. The van der Waals surface area contributed by atoms with Crippen LogP contribution in [0, 0.1) is 0 Å². The Labute approximate surface area is 116 Å². The largest absolute Gasteiger partial charge is 0.300 e. The molecule has 0 unspecified atom stereocenters. The molecule has 104 valence electrons. The lowest BCUT2D eigenvalue weighted by Crippen LogP contribution is -2.02. The van der Waals surface area contributed by atoms with Gasteiger partial charge in [0.2, 0.25) is 0 Å². The molecule has 0 aliphatic rings. The van der Waals surface area contributed by atoms with Gasteiger partial charge >= 0.3 is 0 Å². The van der Waals surface area contributed by atoms with Crippen LogP contribution in [0.15, 0.2) is 30.3 Å². The van der Waals surface area contributed by atoms with Crippen LogP contribution in [0.2, 0.25) is 0 Å². The van der Waals surface area contributed by atoms with Crippen LogP contribution in [-0.4, -0.2) is 11.6 Å². The fourth-order valence-corrected chi connectivity index (χ4v) is 2.14. The highest BCUT2D eigenvalue weighted by Gasteiger charge is 2.03. The van der Waals surface area contributed by atoms with E-state index in [1.165, 1.54) is 0 Å². The summed E-state index contributed by atoms with van der Waals surface area (Å²) in [5.41, 5.74) is 1.11. The van der Waals surface area contributed by atoms with E-state index in [2.05, 4.69) is 0 Å². The van der Waals surface area contributed by atoms with Gasteiger partial charge in [-0.15, -0.1) is 0 Å². The van der Waals surface area contributed by atoms with Gasteiger partial charge < -0.3 is 4.79 Å². The number of carbonyl (C=O) groups excluding carboxylic acids is 2. The van der Waals surface area contributed by atoms with Crippen LogP contribution in [0.25, 0.3) is 0 Å². The lowest BCUT2D eigenvalue weighted by Gasteiger charge is -2.02. The SMILES string of the molecule is CC(=O)CCCCCCCC(=O)Cc1ccccc1. The third-order valence-corrected chi connectivity index (χ3v) is 3.23. The number of hydrogen-bond acceptors (Lipinski definition) is 2.